The molecule has 0 spiro atoms. The molecule has 0 aliphatic carbocycles. The van der Waals surface area contributed by atoms with Crippen molar-refractivity contribution in [2.24, 2.45) is 0 Å². The third kappa shape index (κ3) is 4.78. The molecule has 0 atom stereocenters. The van der Waals surface area contributed by atoms with Crippen LogP contribution < -0.4 is 10.2 Å². The van der Waals surface area contributed by atoms with E-state index in [2.05, 4.69) is 5.32 Å². The molecular weight excluding hydrogens is 572 g/mol. The smallest absolute Gasteiger partial charge is 0.321 e. The third-order valence-corrected chi connectivity index (χ3v) is 6.92. The SMILES string of the molecule is CCc1cc(C(F)(C(F)(F)F)C(F)(F)F)cc(C)c1NC(=O)c1cc(N2Cc3ccccc3C2=O)c(F)cc1Cl. The fraction of sp³-hybridized carbons (Fsp3) is 0.259. The Morgan fingerprint density at radius 2 is 1.62 bits per heavy atom. The molecule has 2 amide bonds. The maximum Gasteiger partial charge on any atom is 0.435 e. The predicted molar refractivity (Wildman–Crippen MR) is 132 cm³/mol. The lowest BCUT2D eigenvalue weighted by molar-refractivity contribution is -0.348. The summed E-state index contributed by atoms with van der Waals surface area (Å²) in [5.41, 5.74) is -7.64. The zero-order valence-electron chi connectivity index (χ0n) is 20.7. The van der Waals surface area contributed by atoms with E-state index in [9.17, 15) is 44.7 Å². The molecule has 0 saturated carbocycles. The Morgan fingerprint density at radius 1 is 1.00 bits per heavy atom. The van der Waals surface area contributed by atoms with Crippen molar-refractivity contribution in [2.75, 3.05) is 10.2 Å². The lowest BCUT2D eigenvalue weighted by Gasteiger charge is -2.31. The normalized spacial score (nSPS) is 14.0. The second-order valence-corrected chi connectivity index (χ2v) is 9.53. The van der Waals surface area contributed by atoms with E-state index in [4.69, 9.17) is 11.6 Å². The molecule has 0 bridgehead atoms. The maximum absolute atomic E-state index is 14.9. The number of aryl methyl sites for hydroxylation is 2. The van der Waals surface area contributed by atoms with Gasteiger partial charge in [-0.25, -0.2) is 8.78 Å². The molecule has 0 aromatic heterocycles. The molecule has 212 valence electrons. The first-order chi connectivity index (χ1) is 18.5. The van der Waals surface area contributed by atoms with Crippen LogP contribution >= 0.6 is 11.6 Å². The van der Waals surface area contributed by atoms with E-state index in [0.717, 1.165) is 24.0 Å². The van der Waals surface area contributed by atoms with Gasteiger partial charge in [0.1, 0.15) is 5.82 Å². The first kappa shape index (κ1) is 29.3. The van der Waals surface area contributed by atoms with E-state index in [1.807, 2.05) is 0 Å². The number of nitrogens with one attached hydrogen (secondary N) is 1. The fourth-order valence-corrected chi connectivity index (χ4v) is 4.79. The van der Waals surface area contributed by atoms with E-state index in [1.54, 1.807) is 24.3 Å². The van der Waals surface area contributed by atoms with Gasteiger partial charge in [0.05, 0.1) is 22.8 Å². The second-order valence-electron chi connectivity index (χ2n) is 9.12. The van der Waals surface area contributed by atoms with Crippen LogP contribution in [0, 0.1) is 12.7 Å². The van der Waals surface area contributed by atoms with Crippen molar-refractivity contribution in [2.45, 2.75) is 44.8 Å². The van der Waals surface area contributed by atoms with E-state index < -0.39 is 41.2 Å². The molecule has 1 aliphatic heterocycles. The van der Waals surface area contributed by atoms with Gasteiger partial charge >= 0.3 is 18.0 Å². The van der Waals surface area contributed by atoms with Crippen LogP contribution in [0.3, 0.4) is 0 Å². The van der Waals surface area contributed by atoms with Crippen molar-refractivity contribution < 1.29 is 44.7 Å². The van der Waals surface area contributed by atoms with Crippen molar-refractivity contribution in [3.05, 3.63) is 92.8 Å². The van der Waals surface area contributed by atoms with Gasteiger partial charge in [0, 0.05) is 16.8 Å². The Kier molecular flexibility index (Phi) is 7.37. The zero-order chi connectivity index (χ0) is 29.8. The number of alkyl halides is 7. The Hall–Kier alpha value is -3.67. The Morgan fingerprint density at radius 3 is 2.20 bits per heavy atom. The zero-order valence-corrected chi connectivity index (χ0v) is 21.5. The number of carbonyl (C=O) groups excluding carboxylic acids is 2. The number of fused-ring (bicyclic) bond motifs is 1. The molecule has 3 aromatic carbocycles. The molecule has 1 aliphatic rings. The minimum atomic E-state index is -6.31. The summed E-state index contributed by atoms with van der Waals surface area (Å²) in [5, 5.41) is 2.01. The highest BCUT2D eigenvalue weighted by Gasteiger charge is 2.73. The van der Waals surface area contributed by atoms with Crippen LogP contribution in [-0.2, 0) is 18.6 Å². The molecule has 3 aromatic rings. The van der Waals surface area contributed by atoms with Gasteiger partial charge in [-0.05, 0) is 54.3 Å². The number of amides is 2. The molecule has 13 heteroatoms. The monoisotopic (exact) mass is 590 g/mol. The van der Waals surface area contributed by atoms with Crippen molar-refractivity contribution in [3.8, 4) is 0 Å². The van der Waals surface area contributed by atoms with Gasteiger partial charge in [-0.1, -0.05) is 42.8 Å². The molecule has 0 unspecified atom stereocenters. The lowest BCUT2D eigenvalue weighted by Crippen LogP contribution is -2.50. The van der Waals surface area contributed by atoms with E-state index in [-0.39, 0.29) is 46.1 Å². The number of carbonyl (C=O) groups is 2. The van der Waals surface area contributed by atoms with Gasteiger partial charge in [0.25, 0.3) is 11.8 Å². The van der Waals surface area contributed by atoms with Gasteiger partial charge < -0.3 is 10.2 Å². The number of hydrogen-bond acceptors (Lipinski definition) is 2. The highest BCUT2D eigenvalue weighted by Crippen LogP contribution is 2.54. The molecule has 4 rings (SSSR count). The Bertz CT molecular complexity index is 1500. The van der Waals surface area contributed by atoms with Gasteiger partial charge in [0.2, 0.25) is 0 Å². The summed E-state index contributed by atoms with van der Waals surface area (Å²) < 4.78 is 109. The van der Waals surface area contributed by atoms with Gasteiger partial charge in [0.15, 0.2) is 0 Å². The molecule has 0 radical (unpaired) electrons. The Balaban J connectivity index is 1.72. The predicted octanol–water partition coefficient (Wildman–Crippen LogP) is 8.05. The molecule has 0 fully saturated rings. The van der Waals surface area contributed by atoms with Gasteiger partial charge in [-0.2, -0.15) is 26.3 Å². The highest BCUT2D eigenvalue weighted by molar-refractivity contribution is 6.34. The third-order valence-electron chi connectivity index (χ3n) is 6.61. The topological polar surface area (TPSA) is 49.4 Å². The number of benzene rings is 3. The van der Waals surface area contributed by atoms with Crippen LogP contribution in [0.1, 0.15) is 49.9 Å². The van der Waals surface area contributed by atoms with E-state index in [1.165, 1.54) is 6.92 Å². The first-order valence-electron chi connectivity index (χ1n) is 11.7. The van der Waals surface area contributed by atoms with Crippen LogP contribution in [0.5, 0.6) is 0 Å². The van der Waals surface area contributed by atoms with Gasteiger partial charge in [-0.15, -0.1) is 0 Å². The average molecular weight is 591 g/mol. The number of nitrogens with zero attached hydrogens (tertiary/aromatic N) is 1. The molecule has 4 nitrogen and oxygen atoms in total. The summed E-state index contributed by atoms with van der Waals surface area (Å²) in [5.74, 6) is -2.41. The standard InChI is InChI=1S/C27H19ClF8N2O2/c1-3-14-9-16(25(30,26(31,32)33)27(34,35)36)8-13(2)22(14)37-23(39)18-10-21(20(29)11-19(18)28)38-12-15-6-4-5-7-17(15)24(38)40/h4-11H,3,12H2,1-2H3,(H,37,39). The molecule has 40 heavy (non-hydrogen) atoms. The minimum absolute atomic E-state index is 0.0125. The van der Waals surface area contributed by atoms with Crippen LogP contribution in [-0.4, -0.2) is 24.2 Å². The fourth-order valence-electron chi connectivity index (χ4n) is 4.55. The summed E-state index contributed by atoms with van der Waals surface area (Å²) in [6.07, 6.45) is -12.8. The van der Waals surface area contributed by atoms with Gasteiger partial charge in [-0.3, -0.25) is 9.59 Å². The van der Waals surface area contributed by atoms with Crippen LogP contribution in [0.2, 0.25) is 5.02 Å². The summed E-state index contributed by atoms with van der Waals surface area (Å²) in [6, 6.07) is 9.14. The number of halogens is 9. The molecular formula is C27H19ClF8N2O2. The lowest BCUT2D eigenvalue weighted by atomic mass is 9.89. The summed E-state index contributed by atoms with van der Waals surface area (Å²) in [6.45, 7) is 2.50. The number of rotatable bonds is 5. The molecule has 0 saturated heterocycles. The Labute approximate surface area is 227 Å². The number of anilines is 2. The summed E-state index contributed by atoms with van der Waals surface area (Å²) in [7, 11) is 0. The molecule has 1 heterocycles. The van der Waals surface area contributed by atoms with Crippen molar-refractivity contribution in [1.29, 1.82) is 0 Å². The van der Waals surface area contributed by atoms with E-state index >= 15 is 0 Å². The van der Waals surface area contributed by atoms with Crippen LogP contribution in [0.4, 0.5) is 46.5 Å². The quantitative estimate of drug-likeness (QED) is 0.306. The first-order valence-corrected chi connectivity index (χ1v) is 12.1. The minimum Gasteiger partial charge on any atom is -0.321 e. The maximum atomic E-state index is 14.9. The highest BCUT2D eigenvalue weighted by atomic mass is 35.5. The summed E-state index contributed by atoms with van der Waals surface area (Å²) >= 11 is 6.09. The van der Waals surface area contributed by atoms with Crippen LogP contribution in [0.25, 0.3) is 0 Å². The molecule has 1 N–H and O–H groups in total. The van der Waals surface area contributed by atoms with Crippen LogP contribution in [0.15, 0.2) is 48.5 Å². The van der Waals surface area contributed by atoms with E-state index in [0.29, 0.717) is 23.3 Å². The largest absolute Gasteiger partial charge is 0.435 e. The van der Waals surface area contributed by atoms with Crippen molar-refractivity contribution in [3.63, 3.8) is 0 Å². The average Bonchev–Trinajstić information content (AvgIpc) is 3.19. The summed E-state index contributed by atoms with van der Waals surface area (Å²) in [4.78, 5) is 27.1. The number of hydrogen-bond donors (Lipinski definition) is 1. The second kappa shape index (κ2) is 10.1. The van der Waals surface area contributed by atoms with Crippen molar-refractivity contribution >= 4 is 34.8 Å². The van der Waals surface area contributed by atoms with Crippen molar-refractivity contribution in [1.82, 2.24) is 0 Å².